The van der Waals surface area contributed by atoms with Gasteiger partial charge in [-0.3, -0.25) is 4.90 Å². The summed E-state index contributed by atoms with van der Waals surface area (Å²) in [6.07, 6.45) is 5.27. The maximum absolute atomic E-state index is 10.1. The zero-order chi connectivity index (χ0) is 12.3. The van der Waals surface area contributed by atoms with Crippen LogP contribution in [0.3, 0.4) is 0 Å². The summed E-state index contributed by atoms with van der Waals surface area (Å²) in [5, 5.41) is 10.1. The van der Waals surface area contributed by atoms with Crippen LogP contribution in [0.5, 0.6) is 5.75 Å². The highest BCUT2D eigenvalue weighted by Crippen LogP contribution is 2.25. The molecule has 1 saturated heterocycles. The molecule has 1 aliphatic heterocycles. The molecule has 0 spiro atoms. The average molecular weight is 233 g/mol. The summed E-state index contributed by atoms with van der Waals surface area (Å²) in [6, 6.07) is 6.68. The van der Waals surface area contributed by atoms with Crippen molar-refractivity contribution in [3.8, 4) is 5.75 Å². The van der Waals surface area contributed by atoms with Crippen molar-refractivity contribution >= 4 is 0 Å². The molecular formula is C15H23NO. The number of nitrogens with zero attached hydrogens (tertiary/aromatic N) is 1. The third-order valence-corrected chi connectivity index (χ3v) is 3.89. The van der Waals surface area contributed by atoms with Crippen LogP contribution in [-0.4, -0.2) is 22.6 Å². The zero-order valence-corrected chi connectivity index (χ0v) is 10.9. The molecule has 1 aliphatic rings. The van der Waals surface area contributed by atoms with E-state index in [9.17, 15) is 5.11 Å². The number of rotatable bonds is 2. The fraction of sp³-hybridized carbons (Fsp3) is 0.600. The Morgan fingerprint density at radius 1 is 1.29 bits per heavy atom. The van der Waals surface area contributed by atoms with Gasteiger partial charge in [-0.2, -0.15) is 0 Å². The van der Waals surface area contributed by atoms with Crippen LogP contribution in [-0.2, 0) is 6.54 Å². The first-order valence-electron chi connectivity index (χ1n) is 6.70. The molecule has 1 fully saturated rings. The summed E-state index contributed by atoms with van der Waals surface area (Å²) in [5.74, 6) is 0.476. The first-order valence-corrected chi connectivity index (χ1v) is 6.70. The van der Waals surface area contributed by atoms with Crippen molar-refractivity contribution in [1.82, 2.24) is 4.90 Å². The van der Waals surface area contributed by atoms with E-state index in [1.807, 2.05) is 25.1 Å². The van der Waals surface area contributed by atoms with Crippen LogP contribution in [0.15, 0.2) is 18.2 Å². The van der Waals surface area contributed by atoms with Crippen molar-refractivity contribution in [3.63, 3.8) is 0 Å². The molecule has 2 nitrogen and oxygen atoms in total. The molecule has 1 aromatic rings. The topological polar surface area (TPSA) is 23.5 Å². The lowest BCUT2D eigenvalue weighted by Gasteiger charge is -2.27. The van der Waals surface area contributed by atoms with Crippen molar-refractivity contribution in [3.05, 3.63) is 29.3 Å². The lowest BCUT2D eigenvalue weighted by Crippen LogP contribution is -2.31. The monoisotopic (exact) mass is 233 g/mol. The first-order chi connectivity index (χ1) is 8.18. The molecule has 1 N–H and O–H groups in total. The van der Waals surface area contributed by atoms with Gasteiger partial charge in [-0.15, -0.1) is 0 Å². The molecule has 1 aromatic carbocycles. The Bertz CT molecular complexity index is 375. The first kappa shape index (κ1) is 12.4. The SMILES string of the molecule is Cc1cccc(CN2CCCCCC2C)c1O. The summed E-state index contributed by atoms with van der Waals surface area (Å²) in [6.45, 7) is 6.31. The number of phenols is 1. The number of hydrogen-bond donors (Lipinski definition) is 1. The van der Waals surface area contributed by atoms with Gasteiger partial charge in [0.2, 0.25) is 0 Å². The lowest BCUT2D eigenvalue weighted by atomic mass is 10.1. The van der Waals surface area contributed by atoms with E-state index >= 15 is 0 Å². The molecule has 0 amide bonds. The molecule has 1 heterocycles. The fourth-order valence-electron chi connectivity index (χ4n) is 2.64. The van der Waals surface area contributed by atoms with Crippen molar-refractivity contribution < 1.29 is 5.11 Å². The minimum atomic E-state index is 0.476. The standard InChI is InChI=1S/C15H23NO/c1-12-7-6-9-14(15(12)17)11-16-10-5-3-4-8-13(16)2/h6-7,9,13,17H,3-5,8,10-11H2,1-2H3. The number of likely N-dealkylation sites (tertiary alicyclic amines) is 1. The molecule has 2 rings (SSSR count). The van der Waals surface area contributed by atoms with Gasteiger partial charge in [0.25, 0.3) is 0 Å². The predicted octanol–water partition coefficient (Wildman–Crippen LogP) is 3.47. The maximum Gasteiger partial charge on any atom is 0.122 e. The molecule has 0 aromatic heterocycles. The quantitative estimate of drug-likeness (QED) is 0.845. The van der Waals surface area contributed by atoms with Gasteiger partial charge in [-0.05, 0) is 38.8 Å². The summed E-state index contributed by atoms with van der Waals surface area (Å²) in [7, 11) is 0. The van der Waals surface area contributed by atoms with E-state index in [1.54, 1.807) is 0 Å². The molecule has 17 heavy (non-hydrogen) atoms. The fourth-order valence-corrected chi connectivity index (χ4v) is 2.64. The molecule has 94 valence electrons. The Balaban J connectivity index is 2.10. The average Bonchev–Trinajstić information content (AvgIpc) is 2.51. The van der Waals surface area contributed by atoms with Crippen LogP contribution in [0, 0.1) is 6.92 Å². The summed E-state index contributed by atoms with van der Waals surface area (Å²) >= 11 is 0. The van der Waals surface area contributed by atoms with Crippen molar-refractivity contribution in [2.24, 2.45) is 0 Å². The Kier molecular flexibility index (Phi) is 4.06. The van der Waals surface area contributed by atoms with Crippen LogP contribution in [0.4, 0.5) is 0 Å². The van der Waals surface area contributed by atoms with E-state index in [0.29, 0.717) is 11.8 Å². The molecule has 1 atom stereocenters. The smallest absolute Gasteiger partial charge is 0.122 e. The van der Waals surface area contributed by atoms with E-state index < -0.39 is 0 Å². The van der Waals surface area contributed by atoms with Gasteiger partial charge in [0.05, 0.1) is 0 Å². The van der Waals surface area contributed by atoms with Crippen LogP contribution in [0.25, 0.3) is 0 Å². The van der Waals surface area contributed by atoms with Crippen LogP contribution < -0.4 is 0 Å². The molecule has 0 saturated carbocycles. The van der Waals surface area contributed by atoms with E-state index in [0.717, 1.165) is 24.2 Å². The second-order valence-corrected chi connectivity index (χ2v) is 5.25. The van der Waals surface area contributed by atoms with E-state index in [4.69, 9.17) is 0 Å². The van der Waals surface area contributed by atoms with E-state index in [-0.39, 0.29) is 0 Å². The van der Waals surface area contributed by atoms with Gasteiger partial charge < -0.3 is 5.11 Å². The van der Waals surface area contributed by atoms with Gasteiger partial charge in [-0.1, -0.05) is 31.0 Å². The minimum Gasteiger partial charge on any atom is -0.507 e. The third-order valence-electron chi connectivity index (χ3n) is 3.89. The maximum atomic E-state index is 10.1. The summed E-state index contributed by atoms with van der Waals surface area (Å²) in [5.41, 5.74) is 2.05. The second kappa shape index (κ2) is 5.54. The molecule has 1 unspecified atom stereocenters. The van der Waals surface area contributed by atoms with Crippen LogP contribution >= 0.6 is 0 Å². The highest BCUT2D eigenvalue weighted by molar-refractivity contribution is 5.39. The van der Waals surface area contributed by atoms with E-state index in [1.165, 1.54) is 25.7 Å². The number of para-hydroxylation sites is 1. The van der Waals surface area contributed by atoms with Gasteiger partial charge in [0.1, 0.15) is 5.75 Å². The molecule has 0 bridgehead atoms. The molecule has 0 radical (unpaired) electrons. The third kappa shape index (κ3) is 3.01. The molecule has 2 heteroatoms. The van der Waals surface area contributed by atoms with Gasteiger partial charge in [0.15, 0.2) is 0 Å². The lowest BCUT2D eigenvalue weighted by molar-refractivity contribution is 0.202. The summed E-state index contributed by atoms with van der Waals surface area (Å²) in [4.78, 5) is 2.50. The minimum absolute atomic E-state index is 0.476. The normalized spacial score (nSPS) is 22.4. The van der Waals surface area contributed by atoms with Crippen LogP contribution in [0.2, 0.25) is 0 Å². The van der Waals surface area contributed by atoms with Gasteiger partial charge in [-0.25, -0.2) is 0 Å². The predicted molar refractivity (Wildman–Crippen MR) is 71.2 cm³/mol. The van der Waals surface area contributed by atoms with Crippen LogP contribution in [0.1, 0.15) is 43.7 Å². The molecular weight excluding hydrogens is 210 g/mol. The Labute approximate surface area is 104 Å². The summed E-state index contributed by atoms with van der Waals surface area (Å²) < 4.78 is 0. The Morgan fingerprint density at radius 2 is 2.12 bits per heavy atom. The molecule has 0 aliphatic carbocycles. The number of benzene rings is 1. The van der Waals surface area contributed by atoms with Gasteiger partial charge >= 0.3 is 0 Å². The highest BCUT2D eigenvalue weighted by Gasteiger charge is 2.18. The zero-order valence-electron chi connectivity index (χ0n) is 10.9. The number of aromatic hydroxyl groups is 1. The number of aryl methyl sites for hydroxylation is 1. The van der Waals surface area contributed by atoms with Crippen molar-refractivity contribution in [1.29, 1.82) is 0 Å². The van der Waals surface area contributed by atoms with Crippen molar-refractivity contribution in [2.45, 2.75) is 52.1 Å². The Morgan fingerprint density at radius 3 is 2.94 bits per heavy atom. The number of phenolic OH excluding ortho intramolecular Hbond substituents is 1. The van der Waals surface area contributed by atoms with Gasteiger partial charge in [0, 0.05) is 18.2 Å². The van der Waals surface area contributed by atoms with Crippen molar-refractivity contribution in [2.75, 3.05) is 6.54 Å². The largest absolute Gasteiger partial charge is 0.507 e. The Hall–Kier alpha value is -1.02. The highest BCUT2D eigenvalue weighted by atomic mass is 16.3. The van der Waals surface area contributed by atoms with E-state index in [2.05, 4.69) is 11.8 Å². The number of hydrogen-bond acceptors (Lipinski definition) is 2. The second-order valence-electron chi connectivity index (χ2n) is 5.25.